The normalized spacial score (nSPS) is 21.8. The fourth-order valence-electron chi connectivity index (χ4n) is 5.50. The van der Waals surface area contributed by atoms with Crippen LogP contribution >= 0.6 is 11.8 Å². The van der Waals surface area contributed by atoms with Crippen molar-refractivity contribution in [3.8, 4) is 11.5 Å². The van der Waals surface area contributed by atoms with Crippen LogP contribution in [0.25, 0.3) is 0 Å². The van der Waals surface area contributed by atoms with Crippen molar-refractivity contribution in [2.24, 2.45) is 16.9 Å². The molecule has 0 radical (unpaired) electrons. The van der Waals surface area contributed by atoms with Gasteiger partial charge in [-0.15, -0.1) is 0 Å². The molecule has 0 spiro atoms. The van der Waals surface area contributed by atoms with Crippen molar-refractivity contribution in [2.75, 3.05) is 42.8 Å². The summed E-state index contributed by atoms with van der Waals surface area (Å²) in [6.07, 6.45) is 3.94. The van der Waals surface area contributed by atoms with Crippen molar-refractivity contribution >= 4 is 35.0 Å². The summed E-state index contributed by atoms with van der Waals surface area (Å²) >= 11 is 1.88. The minimum absolute atomic E-state index is 0.0385. The van der Waals surface area contributed by atoms with E-state index in [0.717, 1.165) is 61.6 Å². The number of anilines is 1. The van der Waals surface area contributed by atoms with E-state index in [0.29, 0.717) is 36.0 Å². The highest BCUT2D eigenvalue weighted by atomic mass is 32.2. The van der Waals surface area contributed by atoms with Crippen LogP contribution in [0.1, 0.15) is 55.5 Å². The molecule has 7 nitrogen and oxygen atoms in total. The number of carbonyl (C=O) groups is 2. The molecule has 3 aliphatic rings. The Labute approximate surface area is 223 Å². The van der Waals surface area contributed by atoms with Gasteiger partial charge in [-0.05, 0) is 69.2 Å². The van der Waals surface area contributed by atoms with Crippen molar-refractivity contribution in [3.05, 3.63) is 53.6 Å². The van der Waals surface area contributed by atoms with Crippen LogP contribution in [0.5, 0.6) is 11.5 Å². The number of hydrazone groups is 1. The van der Waals surface area contributed by atoms with E-state index in [4.69, 9.17) is 14.6 Å². The van der Waals surface area contributed by atoms with Gasteiger partial charge >= 0.3 is 0 Å². The zero-order valence-corrected chi connectivity index (χ0v) is 22.5. The molecule has 1 saturated carbocycles. The van der Waals surface area contributed by atoms with Gasteiger partial charge in [-0.1, -0.05) is 12.8 Å². The minimum atomic E-state index is -0.101. The molecular formula is C29H35N3O4S. The molecule has 2 aliphatic heterocycles. The lowest BCUT2D eigenvalue weighted by atomic mass is 9.73. The number of nitrogens with zero attached hydrogens (tertiary/aromatic N) is 3. The number of hydrogen-bond donors (Lipinski definition) is 0. The molecule has 2 unspecified atom stereocenters. The van der Waals surface area contributed by atoms with Crippen molar-refractivity contribution in [1.29, 1.82) is 0 Å². The molecule has 2 amide bonds. The van der Waals surface area contributed by atoms with Gasteiger partial charge in [0.15, 0.2) is 11.5 Å². The van der Waals surface area contributed by atoms with E-state index in [9.17, 15) is 9.59 Å². The second-order valence-electron chi connectivity index (χ2n) is 9.61. The largest absolute Gasteiger partial charge is 0.490 e. The zero-order chi connectivity index (χ0) is 25.8. The average molecular weight is 522 g/mol. The van der Waals surface area contributed by atoms with Crippen molar-refractivity contribution in [3.63, 3.8) is 0 Å². The predicted octanol–water partition coefficient (Wildman–Crippen LogP) is 5.23. The maximum Gasteiger partial charge on any atom is 0.253 e. The molecule has 0 aromatic heterocycles. The summed E-state index contributed by atoms with van der Waals surface area (Å²) < 4.78 is 11.6. The highest BCUT2D eigenvalue weighted by Crippen LogP contribution is 2.40. The van der Waals surface area contributed by atoms with Crippen LogP contribution in [0.4, 0.5) is 5.69 Å². The van der Waals surface area contributed by atoms with Crippen molar-refractivity contribution in [1.82, 2.24) is 4.90 Å². The molecule has 2 heterocycles. The molecule has 37 heavy (non-hydrogen) atoms. The Balaban J connectivity index is 1.47. The summed E-state index contributed by atoms with van der Waals surface area (Å²) in [5.74, 6) is 3.43. The Bertz CT molecular complexity index is 1160. The fourth-order valence-corrected chi connectivity index (χ4v) is 6.41. The Hall–Kier alpha value is -3.00. The molecule has 0 bridgehead atoms. The summed E-state index contributed by atoms with van der Waals surface area (Å²) in [5.41, 5.74) is 3.20. The summed E-state index contributed by atoms with van der Waals surface area (Å²) in [6.45, 7) is 6.56. The van der Waals surface area contributed by atoms with E-state index in [1.165, 1.54) is 0 Å². The van der Waals surface area contributed by atoms with Crippen LogP contribution in [0.15, 0.2) is 47.6 Å². The number of amides is 2. The molecule has 1 saturated heterocycles. The summed E-state index contributed by atoms with van der Waals surface area (Å²) in [5, 5.41) is 6.48. The number of thioether (sulfide) groups is 1. The molecule has 2 aromatic rings. The first kappa shape index (κ1) is 25.6. The van der Waals surface area contributed by atoms with Crippen LogP contribution in [-0.2, 0) is 4.79 Å². The number of hydrogen-bond acceptors (Lipinski definition) is 6. The summed E-state index contributed by atoms with van der Waals surface area (Å²) in [7, 11) is 0. The predicted molar refractivity (Wildman–Crippen MR) is 148 cm³/mol. The van der Waals surface area contributed by atoms with Crippen molar-refractivity contribution < 1.29 is 19.1 Å². The van der Waals surface area contributed by atoms with Crippen LogP contribution in [0, 0.1) is 11.8 Å². The molecule has 5 rings (SSSR count). The quantitative estimate of drug-likeness (QED) is 0.499. The minimum Gasteiger partial charge on any atom is -0.490 e. The third-order valence-corrected chi connectivity index (χ3v) is 8.29. The summed E-state index contributed by atoms with van der Waals surface area (Å²) in [6, 6.07) is 13.3. The molecule has 2 fully saturated rings. The lowest BCUT2D eigenvalue weighted by Crippen LogP contribution is -2.46. The van der Waals surface area contributed by atoms with Crippen molar-refractivity contribution in [2.45, 2.75) is 39.5 Å². The third kappa shape index (κ3) is 5.35. The van der Waals surface area contributed by atoms with E-state index in [-0.39, 0.29) is 23.7 Å². The van der Waals surface area contributed by atoms with Gasteiger partial charge in [-0.2, -0.15) is 16.9 Å². The standard InChI is InChI=1S/C29H35N3O4S/c1-3-35-25-14-11-21(19-26(25)36-4-2)27-23-7-5-6-8-24(23)29(34)32(30-27)22-12-9-20(10-13-22)28(33)31-15-17-37-18-16-31/h9-14,19,23-24H,3-8,15-18H2,1-2H3. The molecular weight excluding hydrogens is 486 g/mol. The van der Waals surface area contributed by atoms with Gasteiger partial charge in [0.05, 0.1) is 24.6 Å². The highest BCUT2D eigenvalue weighted by molar-refractivity contribution is 7.99. The second kappa shape index (κ2) is 11.6. The molecule has 0 N–H and O–H groups in total. The maximum absolute atomic E-state index is 13.6. The highest BCUT2D eigenvalue weighted by Gasteiger charge is 2.42. The zero-order valence-electron chi connectivity index (χ0n) is 21.7. The van der Waals surface area contributed by atoms with Crippen LogP contribution < -0.4 is 14.5 Å². The van der Waals surface area contributed by atoms with Gasteiger partial charge < -0.3 is 14.4 Å². The first-order chi connectivity index (χ1) is 18.1. The lowest BCUT2D eigenvalue weighted by Gasteiger charge is -2.38. The number of rotatable bonds is 7. The first-order valence-electron chi connectivity index (χ1n) is 13.4. The Kier molecular flexibility index (Phi) is 8.03. The van der Waals surface area contributed by atoms with E-state index < -0.39 is 0 Å². The smallest absolute Gasteiger partial charge is 0.253 e. The number of ether oxygens (including phenoxy) is 2. The number of benzene rings is 2. The third-order valence-electron chi connectivity index (χ3n) is 7.35. The fraction of sp³-hybridized carbons (Fsp3) is 0.483. The van der Waals surface area contributed by atoms with Gasteiger partial charge in [0, 0.05) is 47.6 Å². The lowest BCUT2D eigenvalue weighted by molar-refractivity contribution is -0.124. The van der Waals surface area contributed by atoms with E-state index in [1.807, 2.05) is 73.0 Å². The van der Waals surface area contributed by atoms with E-state index in [1.54, 1.807) is 5.01 Å². The van der Waals surface area contributed by atoms with Gasteiger partial charge in [0.1, 0.15) is 0 Å². The Morgan fingerprint density at radius 1 is 0.946 bits per heavy atom. The average Bonchev–Trinajstić information content (AvgIpc) is 2.95. The molecule has 8 heteroatoms. The van der Waals surface area contributed by atoms with E-state index in [2.05, 4.69) is 0 Å². The van der Waals surface area contributed by atoms with Gasteiger partial charge in [0.2, 0.25) is 0 Å². The number of fused-ring (bicyclic) bond motifs is 1. The monoisotopic (exact) mass is 521 g/mol. The molecule has 2 atom stereocenters. The van der Waals surface area contributed by atoms with E-state index >= 15 is 0 Å². The maximum atomic E-state index is 13.6. The van der Waals surface area contributed by atoms with Gasteiger partial charge in [-0.3, -0.25) is 9.59 Å². The van der Waals surface area contributed by atoms with Gasteiger partial charge in [0.25, 0.3) is 11.8 Å². The summed E-state index contributed by atoms with van der Waals surface area (Å²) in [4.78, 5) is 28.4. The SMILES string of the molecule is CCOc1ccc(C2=NN(c3ccc(C(=O)N4CCSCC4)cc3)C(=O)C3CCCCC23)cc1OCC. The second-order valence-corrected chi connectivity index (χ2v) is 10.8. The number of carbonyl (C=O) groups excluding carboxylic acids is 2. The van der Waals surface area contributed by atoms with Gasteiger partial charge in [-0.25, -0.2) is 5.01 Å². The van der Waals surface area contributed by atoms with Crippen LogP contribution in [-0.4, -0.2) is 60.2 Å². The Morgan fingerprint density at radius 2 is 1.62 bits per heavy atom. The van der Waals surface area contributed by atoms with Crippen LogP contribution in [0.3, 0.4) is 0 Å². The molecule has 2 aromatic carbocycles. The Morgan fingerprint density at radius 3 is 2.32 bits per heavy atom. The molecule has 1 aliphatic carbocycles. The molecule has 196 valence electrons. The first-order valence-corrected chi connectivity index (χ1v) is 14.6. The topological polar surface area (TPSA) is 71.4 Å². The van der Waals surface area contributed by atoms with Crippen LogP contribution in [0.2, 0.25) is 0 Å².